The van der Waals surface area contributed by atoms with E-state index >= 15 is 0 Å². The highest BCUT2D eigenvalue weighted by Gasteiger charge is 2.16. The Bertz CT molecular complexity index is 484. The van der Waals surface area contributed by atoms with Crippen molar-refractivity contribution in [2.75, 3.05) is 18.5 Å². The van der Waals surface area contributed by atoms with E-state index in [1.54, 1.807) is 0 Å². The van der Waals surface area contributed by atoms with Crippen molar-refractivity contribution in [3.63, 3.8) is 0 Å². The summed E-state index contributed by atoms with van der Waals surface area (Å²) >= 11 is 0. The van der Waals surface area contributed by atoms with Crippen LogP contribution in [-0.4, -0.2) is 25.2 Å². The quantitative estimate of drug-likeness (QED) is 0.632. The molecule has 3 rings (SSSR count). The second kappa shape index (κ2) is 5.38. The SMILES string of the molecule is NC(=NC1CCC1)Nc1ccc2c(c1)OCCCO2. The van der Waals surface area contributed by atoms with E-state index in [0.29, 0.717) is 25.2 Å². The monoisotopic (exact) mass is 261 g/mol. The van der Waals surface area contributed by atoms with E-state index in [9.17, 15) is 0 Å². The minimum Gasteiger partial charge on any atom is -0.490 e. The van der Waals surface area contributed by atoms with Crippen molar-refractivity contribution in [1.29, 1.82) is 0 Å². The first kappa shape index (κ1) is 12.1. The summed E-state index contributed by atoms with van der Waals surface area (Å²) in [6, 6.07) is 6.13. The zero-order chi connectivity index (χ0) is 13.1. The lowest BCUT2D eigenvalue weighted by Crippen LogP contribution is -2.27. The van der Waals surface area contributed by atoms with Gasteiger partial charge in [-0.05, 0) is 31.4 Å². The molecule has 102 valence electrons. The molecule has 0 atom stereocenters. The molecule has 1 heterocycles. The number of hydrogen-bond acceptors (Lipinski definition) is 3. The Balaban J connectivity index is 1.70. The Morgan fingerprint density at radius 2 is 1.95 bits per heavy atom. The first-order valence-electron chi connectivity index (χ1n) is 6.81. The number of hydrogen-bond donors (Lipinski definition) is 2. The summed E-state index contributed by atoms with van der Waals surface area (Å²) in [6.45, 7) is 1.38. The fraction of sp³-hybridized carbons (Fsp3) is 0.500. The maximum atomic E-state index is 5.89. The number of aliphatic imine (C=N–C) groups is 1. The molecule has 19 heavy (non-hydrogen) atoms. The molecular weight excluding hydrogens is 242 g/mol. The minimum atomic E-state index is 0.396. The van der Waals surface area contributed by atoms with Crippen LogP contribution in [0.3, 0.4) is 0 Å². The molecule has 5 nitrogen and oxygen atoms in total. The van der Waals surface area contributed by atoms with Gasteiger partial charge in [0.25, 0.3) is 0 Å². The Morgan fingerprint density at radius 3 is 2.68 bits per heavy atom. The van der Waals surface area contributed by atoms with Gasteiger partial charge in [0.1, 0.15) is 0 Å². The minimum absolute atomic E-state index is 0.396. The highest BCUT2D eigenvalue weighted by molar-refractivity contribution is 5.92. The van der Waals surface area contributed by atoms with Crippen molar-refractivity contribution in [2.45, 2.75) is 31.7 Å². The Labute approximate surface area is 112 Å². The molecule has 0 amide bonds. The summed E-state index contributed by atoms with van der Waals surface area (Å²) in [6.07, 6.45) is 4.45. The first-order valence-corrected chi connectivity index (χ1v) is 6.81. The van der Waals surface area contributed by atoms with E-state index in [1.165, 1.54) is 6.42 Å². The topological polar surface area (TPSA) is 68.9 Å². The van der Waals surface area contributed by atoms with E-state index in [1.807, 2.05) is 18.2 Å². The van der Waals surface area contributed by atoms with Crippen molar-refractivity contribution in [2.24, 2.45) is 10.7 Å². The highest BCUT2D eigenvalue weighted by Crippen LogP contribution is 2.32. The van der Waals surface area contributed by atoms with E-state index in [4.69, 9.17) is 15.2 Å². The molecular formula is C14H19N3O2. The lowest BCUT2D eigenvalue weighted by Gasteiger charge is -2.21. The third-order valence-corrected chi connectivity index (χ3v) is 3.42. The molecule has 1 aliphatic carbocycles. The Morgan fingerprint density at radius 1 is 1.16 bits per heavy atom. The number of benzene rings is 1. The van der Waals surface area contributed by atoms with Crippen LogP contribution >= 0.6 is 0 Å². The zero-order valence-electron chi connectivity index (χ0n) is 10.9. The number of nitrogens with two attached hydrogens (primary N) is 1. The number of guanidine groups is 1. The van der Waals surface area contributed by atoms with Crippen molar-refractivity contribution < 1.29 is 9.47 Å². The Kier molecular flexibility index (Phi) is 3.44. The van der Waals surface area contributed by atoms with Crippen LogP contribution in [0.4, 0.5) is 5.69 Å². The van der Waals surface area contributed by atoms with Crippen LogP contribution < -0.4 is 20.5 Å². The summed E-state index contributed by atoms with van der Waals surface area (Å²) in [5.74, 6) is 2.02. The predicted molar refractivity (Wildman–Crippen MR) is 74.9 cm³/mol. The van der Waals surface area contributed by atoms with E-state index in [-0.39, 0.29) is 0 Å². The fourth-order valence-corrected chi connectivity index (χ4v) is 2.13. The lowest BCUT2D eigenvalue weighted by molar-refractivity contribution is 0.297. The van der Waals surface area contributed by atoms with Crippen LogP contribution in [0.25, 0.3) is 0 Å². The maximum Gasteiger partial charge on any atom is 0.193 e. The van der Waals surface area contributed by atoms with Gasteiger partial charge < -0.3 is 20.5 Å². The van der Waals surface area contributed by atoms with Crippen molar-refractivity contribution >= 4 is 11.6 Å². The number of ether oxygens (including phenoxy) is 2. The molecule has 1 fully saturated rings. The first-order chi connectivity index (χ1) is 9.31. The highest BCUT2D eigenvalue weighted by atomic mass is 16.5. The molecule has 2 aliphatic rings. The van der Waals surface area contributed by atoms with Gasteiger partial charge >= 0.3 is 0 Å². The average molecular weight is 261 g/mol. The van der Waals surface area contributed by atoms with Gasteiger partial charge in [0.05, 0.1) is 19.3 Å². The predicted octanol–water partition coefficient (Wildman–Crippen LogP) is 2.13. The largest absolute Gasteiger partial charge is 0.490 e. The van der Waals surface area contributed by atoms with Crippen LogP contribution in [0.2, 0.25) is 0 Å². The van der Waals surface area contributed by atoms with Crippen molar-refractivity contribution in [1.82, 2.24) is 0 Å². The molecule has 0 radical (unpaired) electrons. The van der Waals surface area contributed by atoms with Gasteiger partial charge in [-0.3, -0.25) is 0 Å². The second-order valence-corrected chi connectivity index (χ2v) is 4.94. The van der Waals surface area contributed by atoms with E-state index in [2.05, 4.69) is 10.3 Å². The van der Waals surface area contributed by atoms with Crippen molar-refractivity contribution in [3.05, 3.63) is 18.2 Å². The van der Waals surface area contributed by atoms with Gasteiger partial charge in [0, 0.05) is 18.2 Å². The number of rotatable bonds is 2. The van der Waals surface area contributed by atoms with Gasteiger partial charge in [-0.2, -0.15) is 0 Å². The van der Waals surface area contributed by atoms with E-state index in [0.717, 1.165) is 36.4 Å². The van der Waals surface area contributed by atoms with Crippen molar-refractivity contribution in [3.8, 4) is 11.5 Å². The summed E-state index contributed by atoms with van der Waals surface area (Å²) < 4.78 is 11.2. The van der Waals surface area contributed by atoms with Crippen LogP contribution in [0.1, 0.15) is 25.7 Å². The molecule has 1 aliphatic heterocycles. The molecule has 1 saturated carbocycles. The number of fused-ring (bicyclic) bond motifs is 1. The lowest BCUT2D eigenvalue weighted by atomic mass is 9.94. The molecule has 1 aromatic carbocycles. The standard InChI is InChI=1S/C14H19N3O2/c15-14(16-10-3-1-4-10)17-11-5-6-12-13(9-11)19-8-2-7-18-12/h5-6,9-10H,1-4,7-8H2,(H3,15,16,17). The number of nitrogens with one attached hydrogen (secondary N) is 1. The zero-order valence-corrected chi connectivity index (χ0v) is 10.9. The summed E-state index contributed by atoms with van der Waals surface area (Å²) in [5.41, 5.74) is 6.77. The van der Waals surface area contributed by atoms with Crippen LogP contribution in [-0.2, 0) is 0 Å². The smallest absolute Gasteiger partial charge is 0.193 e. The van der Waals surface area contributed by atoms with Gasteiger partial charge in [0.15, 0.2) is 17.5 Å². The van der Waals surface area contributed by atoms with Gasteiger partial charge in [-0.15, -0.1) is 0 Å². The van der Waals surface area contributed by atoms with Gasteiger partial charge in [-0.1, -0.05) is 0 Å². The number of nitrogens with zero attached hydrogens (tertiary/aromatic N) is 1. The van der Waals surface area contributed by atoms with Gasteiger partial charge in [0.2, 0.25) is 0 Å². The molecule has 0 spiro atoms. The molecule has 0 saturated heterocycles. The average Bonchev–Trinajstić information content (AvgIpc) is 2.58. The third-order valence-electron chi connectivity index (χ3n) is 3.42. The molecule has 0 bridgehead atoms. The Hall–Kier alpha value is -1.91. The fourth-order valence-electron chi connectivity index (χ4n) is 2.13. The van der Waals surface area contributed by atoms with Crippen LogP contribution in [0, 0.1) is 0 Å². The molecule has 5 heteroatoms. The normalized spacial score (nSPS) is 19.5. The van der Waals surface area contributed by atoms with E-state index < -0.39 is 0 Å². The molecule has 3 N–H and O–H groups in total. The molecule has 0 unspecified atom stereocenters. The second-order valence-electron chi connectivity index (χ2n) is 4.94. The maximum absolute atomic E-state index is 5.89. The van der Waals surface area contributed by atoms with Crippen LogP contribution in [0.15, 0.2) is 23.2 Å². The third kappa shape index (κ3) is 2.92. The summed E-state index contributed by atoms with van der Waals surface area (Å²) in [5, 5.41) is 3.10. The molecule has 0 aromatic heterocycles. The molecule has 1 aromatic rings. The summed E-state index contributed by atoms with van der Waals surface area (Å²) in [7, 11) is 0. The van der Waals surface area contributed by atoms with Gasteiger partial charge in [-0.25, -0.2) is 4.99 Å². The summed E-state index contributed by atoms with van der Waals surface area (Å²) in [4.78, 5) is 4.42. The number of anilines is 1. The van der Waals surface area contributed by atoms with Crippen LogP contribution in [0.5, 0.6) is 11.5 Å².